The maximum Gasteiger partial charge on any atom is 0.149 e. The van der Waals surface area contributed by atoms with E-state index in [9.17, 15) is 10.4 Å². The second-order valence-electron chi connectivity index (χ2n) is 4.99. The summed E-state index contributed by atoms with van der Waals surface area (Å²) in [4.78, 5) is 4.34. The topological polar surface area (TPSA) is 85.6 Å². The van der Waals surface area contributed by atoms with Gasteiger partial charge in [0.15, 0.2) is 0 Å². The number of hydrogen-bond acceptors (Lipinski definition) is 4. The Morgan fingerprint density at radius 2 is 2.00 bits per heavy atom. The van der Waals surface area contributed by atoms with Crippen LogP contribution in [-0.4, -0.2) is 20.3 Å². The second kappa shape index (κ2) is 4.57. The van der Waals surface area contributed by atoms with E-state index in [1.165, 1.54) is 0 Å². The largest absolute Gasteiger partial charge is 0.507 e. The van der Waals surface area contributed by atoms with Crippen LogP contribution in [0.1, 0.15) is 5.69 Å². The van der Waals surface area contributed by atoms with E-state index in [-0.39, 0.29) is 5.75 Å². The van der Waals surface area contributed by atoms with Gasteiger partial charge in [0.25, 0.3) is 0 Å². The lowest BCUT2D eigenvalue weighted by Gasteiger charge is -2.08. The normalized spacial score (nSPS) is 10.9. The predicted octanol–water partition coefficient (Wildman–Crippen LogP) is 3.36. The van der Waals surface area contributed by atoms with Gasteiger partial charge in [-0.15, -0.1) is 0 Å². The SMILES string of the molecule is N#Cc1nc2cccc(O)c2c2cc(-c3cn[nH]c3)ccc12. The van der Waals surface area contributed by atoms with Crippen molar-refractivity contribution in [2.24, 2.45) is 0 Å². The summed E-state index contributed by atoms with van der Waals surface area (Å²) in [5, 5.41) is 28.5. The van der Waals surface area contributed by atoms with Crippen molar-refractivity contribution in [2.45, 2.75) is 0 Å². The molecule has 0 aliphatic heterocycles. The van der Waals surface area contributed by atoms with E-state index in [1.807, 2.05) is 18.2 Å². The van der Waals surface area contributed by atoms with Crippen molar-refractivity contribution >= 4 is 21.7 Å². The molecule has 4 aromatic rings. The molecule has 0 atom stereocenters. The molecule has 22 heavy (non-hydrogen) atoms. The first-order valence-corrected chi connectivity index (χ1v) is 6.72. The molecule has 104 valence electrons. The third-order valence-electron chi connectivity index (χ3n) is 3.73. The van der Waals surface area contributed by atoms with Crippen molar-refractivity contribution in [3.63, 3.8) is 0 Å². The molecule has 0 radical (unpaired) electrons. The summed E-state index contributed by atoms with van der Waals surface area (Å²) >= 11 is 0. The van der Waals surface area contributed by atoms with Crippen molar-refractivity contribution in [1.29, 1.82) is 5.26 Å². The van der Waals surface area contributed by atoms with E-state index in [0.717, 1.165) is 21.9 Å². The van der Waals surface area contributed by atoms with Gasteiger partial charge >= 0.3 is 0 Å². The predicted molar refractivity (Wildman–Crippen MR) is 83.2 cm³/mol. The summed E-state index contributed by atoms with van der Waals surface area (Å²) < 4.78 is 0. The molecule has 2 aromatic carbocycles. The molecule has 4 rings (SSSR count). The zero-order valence-electron chi connectivity index (χ0n) is 11.4. The molecular formula is C17H10N4O. The molecule has 0 saturated carbocycles. The van der Waals surface area contributed by atoms with Crippen molar-refractivity contribution in [1.82, 2.24) is 15.2 Å². The van der Waals surface area contributed by atoms with E-state index in [0.29, 0.717) is 16.6 Å². The molecule has 0 aliphatic carbocycles. The number of pyridine rings is 1. The van der Waals surface area contributed by atoms with E-state index in [1.54, 1.807) is 30.6 Å². The maximum absolute atomic E-state index is 10.2. The molecule has 0 fully saturated rings. The summed E-state index contributed by atoms with van der Waals surface area (Å²) in [6.07, 6.45) is 3.53. The monoisotopic (exact) mass is 286 g/mol. The Kier molecular flexibility index (Phi) is 2.57. The summed E-state index contributed by atoms with van der Waals surface area (Å²) in [5.41, 5.74) is 2.86. The Labute approximate surface area is 125 Å². The average Bonchev–Trinajstić information content (AvgIpc) is 3.08. The first-order chi connectivity index (χ1) is 10.8. The van der Waals surface area contributed by atoms with E-state index < -0.39 is 0 Å². The zero-order valence-corrected chi connectivity index (χ0v) is 11.4. The van der Waals surface area contributed by atoms with E-state index >= 15 is 0 Å². The number of hydrogen-bond donors (Lipinski definition) is 2. The highest BCUT2D eigenvalue weighted by Gasteiger charge is 2.12. The van der Waals surface area contributed by atoms with Gasteiger partial charge in [0.2, 0.25) is 0 Å². The number of nitrogens with zero attached hydrogens (tertiary/aromatic N) is 3. The first kappa shape index (κ1) is 12.4. The molecule has 0 amide bonds. The highest BCUT2D eigenvalue weighted by molar-refractivity contribution is 6.11. The summed E-state index contributed by atoms with van der Waals surface area (Å²) in [6.45, 7) is 0. The van der Waals surface area contributed by atoms with Crippen molar-refractivity contribution in [3.8, 4) is 22.9 Å². The van der Waals surface area contributed by atoms with Crippen LogP contribution in [0.25, 0.3) is 32.8 Å². The number of rotatable bonds is 1. The van der Waals surface area contributed by atoms with Gasteiger partial charge in [-0.3, -0.25) is 5.10 Å². The molecule has 2 N–H and O–H groups in total. The molecule has 0 aliphatic rings. The summed E-state index contributed by atoms with van der Waals surface area (Å²) in [6, 6.07) is 13.0. The number of fused-ring (bicyclic) bond motifs is 3. The van der Waals surface area contributed by atoms with Crippen molar-refractivity contribution in [3.05, 3.63) is 54.5 Å². The maximum atomic E-state index is 10.2. The van der Waals surface area contributed by atoms with Crippen molar-refractivity contribution < 1.29 is 5.11 Å². The number of H-pyrrole nitrogens is 1. The van der Waals surface area contributed by atoms with Gasteiger partial charge in [-0.25, -0.2) is 4.98 Å². The van der Waals surface area contributed by atoms with Crippen LogP contribution in [0.2, 0.25) is 0 Å². The molecule has 0 bridgehead atoms. The Balaban J connectivity index is 2.18. The van der Waals surface area contributed by atoms with Crippen LogP contribution in [0.3, 0.4) is 0 Å². The fourth-order valence-electron chi connectivity index (χ4n) is 2.71. The third kappa shape index (κ3) is 1.71. The van der Waals surface area contributed by atoms with Gasteiger partial charge in [-0.05, 0) is 29.1 Å². The lowest BCUT2D eigenvalue weighted by atomic mass is 9.99. The van der Waals surface area contributed by atoms with Gasteiger partial charge in [-0.2, -0.15) is 10.4 Å². The molecule has 0 unspecified atom stereocenters. The van der Waals surface area contributed by atoms with Crippen LogP contribution in [0.5, 0.6) is 5.75 Å². The molecule has 2 aromatic heterocycles. The number of aromatic nitrogens is 3. The Bertz CT molecular complexity index is 1050. The Hall–Kier alpha value is -3.39. The number of benzene rings is 2. The third-order valence-corrected chi connectivity index (χ3v) is 3.73. The highest BCUT2D eigenvalue weighted by atomic mass is 16.3. The van der Waals surface area contributed by atoms with Crippen LogP contribution >= 0.6 is 0 Å². The van der Waals surface area contributed by atoms with Crippen LogP contribution in [0.15, 0.2) is 48.8 Å². The van der Waals surface area contributed by atoms with E-state index in [4.69, 9.17) is 0 Å². The smallest absolute Gasteiger partial charge is 0.149 e. The number of phenolic OH excluding ortho intramolecular Hbond substituents is 1. The van der Waals surface area contributed by atoms with Gasteiger partial charge in [0.1, 0.15) is 17.5 Å². The molecule has 2 heterocycles. The number of aromatic amines is 1. The molecular weight excluding hydrogens is 276 g/mol. The standard InChI is InChI=1S/C17H10N4O/c18-7-15-12-5-4-10(11-8-19-20-9-11)6-13(12)17-14(21-15)2-1-3-16(17)22/h1-6,8-9,22H,(H,19,20). The number of nitriles is 1. The first-order valence-electron chi connectivity index (χ1n) is 6.72. The fourth-order valence-corrected chi connectivity index (χ4v) is 2.71. The van der Waals surface area contributed by atoms with Crippen molar-refractivity contribution in [2.75, 3.05) is 0 Å². The Morgan fingerprint density at radius 3 is 2.77 bits per heavy atom. The fraction of sp³-hybridized carbons (Fsp3) is 0. The van der Waals surface area contributed by atoms with Crippen LogP contribution in [0, 0.1) is 11.3 Å². The summed E-state index contributed by atoms with van der Waals surface area (Å²) in [5.74, 6) is 0.156. The molecule has 0 saturated heterocycles. The molecule has 5 heteroatoms. The van der Waals surface area contributed by atoms with Crippen LogP contribution in [0.4, 0.5) is 0 Å². The zero-order chi connectivity index (χ0) is 15.1. The highest BCUT2D eigenvalue weighted by Crippen LogP contribution is 2.34. The van der Waals surface area contributed by atoms with Gasteiger partial charge in [-0.1, -0.05) is 18.2 Å². The number of nitrogens with one attached hydrogen (secondary N) is 1. The average molecular weight is 286 g/mol. The number of aromatic hydroxyl groups is 1. The molecule has 5 nitrogen and oxygen atoms in total. The minimum atomic E-state index is 0.156. The minimum absolute atomic E-state index is 0.156. The van der Waals surface area contributed by atoms with Gasteiger partial charge < -0.3 is 5.11 Å². The van der Waals surface area contributed by atoms with Crippen LogP contribution < -0.4 is 0 Å². The van der Waals surface area contributed by atoms with Crippen LogP contribution in [-0.2, 0) is 0 Å². The Morgan fingerprint density at radius 1 is 1.09 bits per heavy atom. The quantitative estimate of drug-likeness (QED) is 0.525. The number of phenols is 1. The van der Waals surface area contributed by atoms with E-state index in [2.05, 4.69) is 21.3 Å². The minimum Gasteiger partial charge on any atom is -0.507 e. The lowest BCUT2D eigenvalue weighted by molar-refractivity contribution is 0.482. The summed E-state index contributed by atoms with van der Waals surface area (Å²) in [7, 11) is 0. The van der Waals surface area contributed by atoms with Gasteiger partial charge in [0.05, 0.1) is 11.7 Å². The second-order valence-corrected chi connectivity index (χ2v) is 4.99. The lowest BCUT2D eigenvalue weighted by Crippen LogP contribution is -1.90. The van der Waals surface area contributed by atoms with Gasteiger partial charge in [0, 0.05) is 22.5 Å². The molecule has 0 spiro atoms.